The lowest BCUT2D eigenvalue weighted by atomic mass is 9.94. The first-order valence-corrected chi connectivity index (χ1v) is 5.13. The second-order valence-electron chi connectivity index (χ2n) is 3.43. The molecule has 0 rings (SSSR count). The molecule has 0 aromatic heterocycles. The maximum absolute atomic E-state index is 11.2. The number of nitrogens with zero attached hydrogens (tertiary/aromatic N) is 1. The first kappa shape index (κ1) is 13.9. The predicted molar refractivity (Wildman–Crippen MR) is 57.0 cm³/mol. The lowest BCUT2D eigenvalue weighted by molar-refractivity contribution is -0.120. The van der Waals surface area contributed by atoms with Gasteiger partial charge in [0.15, 0.2) is 0 Å². The van der Waals surface area contributed by atoms with Gasteiger partial charge in [-0.15, -0.1) is 0 Å². The van der Waals surface area contributed by atoms with Crippen molar-refractivity contribution < 1.29 is 9.90 Å². The van der Waals surface area contributed by atoms with E-state index in [-0.39, 0.29) is 31.1 Å². The highest BCUT2D eigenvalue weighted by molar-refractivity contribution is 5.78. The number of amides is 1. The molecular formula is C10H19N3O2. The van der Waals surface area contributed by atoms with Gasteiger partial charge in [-0.3, -0.25) is 4.79 Å². The Bertz CT molecular complexity index is 223. The van der Waals surface area contributed by atoms with E-state index in [9.17, 15) is 9.90 Å². The Morgan fingerprint density at radius 2 is 2.07 bits per heavy atom. The summed E-state index contributed by atoms with van der Waals surface area (Å²) in [6, 6.07) is 1.83. The van der Waals surface area contributed by atoms with Crippen LogP contribution in [0.15, 0.2) is 0 Å². The highest BCUT2D eigenvalue weighted by Crippen LogP contribution is 2.13. The van der Waals surface area contributed by atoms with Gasteiger partial charge in [0.2, 0.25) is 5.91 Å². The van der Waals surface area contributed by atoms with Gasteiger partial charge in [0.05, 0.1) is 19.2 Å². The van der Waals surface area contributed by atoms with Gasteiger partial charge < -0.3 is 15.7 Å². The van der Waals surface area contributed by atoms with Crippen molar-refractivity contribution >= 4 is 5.91 Å². The van der Waals surface area contributed by atoms with Crippen LogP contribution in [0, 0.1) is 11.3 Å². The van der Waals surface area contributed by atoms with E-state index in [1.807, 2.05) is 19.9 Å². The number of carbonyl (C=O) groups excluding carboxylic acids is 1. The second-order valence-corrected chi connectivity index (χ2v) is 3.43. The molecule has 0 radical (unpaired) electrons. The first-order valence-electron chi connectivity index (χ1n) is 5.13. The van der Waals surface area contributed by atoms with Crippen LogP contribution in [0.2, 0.25) is 0 Å². The van der Waals surface area contributed by atoms with E-state index in [0.29, 0.717) is 0 Å². The lowest BCUT2D eigenvalue weighted by Gasteiger charge is -2.30. The minimum atomic E-state index is -0.385. The molecule has 0 saturated carbocycles. The number of aliphatic hydroxyl groups excluding tert-OH is 1. The van der Waals surface area contributed by atoms with Crippen molar-refractivity contribution in [2.75, 3.05) is 19.7 Å². The first-order chi connectivity index (χ1) is 7.14. The van der Waals surface area contributed by atoms with Crippen molar-refractivity contribution in [3.8, 4) is 6.07 Å². The molecule has 0 unspecified atom stereocenters. The number of hydrogen-bond acceptors (Lipinski definition) is 4. The van der Waals surface area contributed by atoms with Gasteiger partial charge >= 0.3 is 0 Å². The van der Waals surface area contributed by atoms with E-state index in [2.05, 4.69) is 10.6 Å². The highest BCUT2D eigenvalue weighted by atomic mass is 16.3. The Labute approximate surface area is 90.5 Å². The molecule has 0 spiro atoms. The average Bonchev–Trinajstić information content (AvgIpc) is 2.29. The number of aliphatic hydroxyl groups is 1. The predicted octanol–water partition coefficient (Wildman–Crippen LogP) is -0.233. The summed E-state index contributed by atoms with van der Waals surface area (Å²) in [5, 5.41) is 22.9. The van der Waals surface area contributed by atoms with Crippen LogP contribution in [-0.4, -0.2) is 36.2 Å². The summed E-state index contributed by atoms with van der Waals surface area (Å²) in [6.07, 6.45) is 1.51. The molecule has 5 heteroatoms. The third-order valence-corrected chi connectivity index (χ3v) is 2.64. The molecule has 3 N–H and O–H groups in total. The Morgan fingerprint density at radius 3 is 2.47 bits per heavy atom. The fourth-order valence-electron chi connectivity index (χ4n) is 1.25. The summed E-state index contributed by atoms with van der Waals surface area (Å²) in [5.41, 5.74) is -0.385. The molecule has 0 bridgehead atoms. The lowest BCUT2D eigenvalue weighted by Crippen LogP contribution is -2.51. The largest absolute Gasteiger partial charge is 0.394 e. The van der Waals surface area contributed by atoms with E-state index in [1.54, 1.807) is 0 Å². The second kappa shape index (κ2) is 7.21. The zero-order valence-electron chi connectivity index (χ0n) is 9.34. The number of rotatable bonds is 7. The minimum Gasteiger partial charge on any atom is -0.394 e. The maximum atomic E-state index is 11.2. The van der Waals surface area contributed by atoms with Gasteiger partial charge in [-0.25, -0.2) is 0 Å². The van der Waals surface area contributed by atoms with Crippen LogP contribution in [0.5, 0.6) is 0 Å². The molecule has 0 aliphatic rings. The molecule has 1 amide bonds. The van der Waals surface area contributed by atoms with Crippen molar-refractivity contribution in [2.45, 2.75) is 32.2 Å². The van der Waals surface area contributed by atoms with Crippen molar-refractivity contribution in [1.82, 2.24) is 10.6 Å². The van der Waals surface area contributed by atoms with E-state index < -0.39 is 0 Å². The fourth-order valence-corrected chi connectivity index (χ4v) is 1.25. The van der Waals surface area contributed by atoms with Gasteiger partial charge in [0.1, 0.15) is 6.54 Å². The zero-order valence-corrected chi connectivity index (χ0v) is 9.34. The van der Waals surface area contributed by atoms with Gasteiger partial charge in [0.25, 0.3) is 0 Å². The molecule has 86 valence electrons. The molecule has 0 aromatic carbocycles. The normalized spacial score (nSPS) is 10.8. The Hall–Kier alpha value is -1.12. The summed E-state index contributed by atoms with van der Waals surface area (Å²) in [6.45, 7) is 4.07. The molecular weight excluding hydrogens is 194 g/mol. The van der Waals surface area contributed by atoms with Crippen LogP contribution in [0.3, 0.4) is 0 Å². The van der Waals surface area contributed by atoms with Crippen molar-refractivity contribution in [2.24, 2.45) is 0 Å². The van der Waals surface area contributed by atoms with E-state index in [4.69, 9.17) is 5.26 Å². The Balaban J connectivity index is 4.00. The van der Waals surface area contributed by atoms with E-state index in [0.717, 1.165) is 12.8 Å². The number of hydrogen-bond donors (Lipinski definition) is 3. The Kier molecular flexibility index (Phi) is 6.67. The molecule has 0 aliphatic heterocycles. The minimum absolute atomic E-state index is 0.00549. The maximum Gasteiger partial charge on any atom is 0.234 e. The van der Waals surface area contributed by atoms with E-state index in [1.165, 1.54) is 0 Å². The topological polar surface area (TPSA) is 85.2 Å². The van der Waals surface area contributed by atoms with Crippen LogP contribution in [0.4, 0.5) is 0 Å². The Morgan fingerprint density at radius 1 is 1.47 bits per heavy atom. The molecule has 0 atom stereocenters. The van der Waals surface area contributed by atoms with Crippen LogP contribution >= 0.6 is 0 Å². The third kappa shape index (κ3) is 4.77. The standard InChI is InChI=1S/C10H19N3O2/c1-3-10(4-2,8-14)13-7-9(15)12-6-5-11/h13-14H,3-4,6-8H2,1-2H3,(H,12,15). The summed E-state index contributed by atoms with van der Waals surface area (Å²) in [5.74, 6) is -0.226. The average molecular weight is 213 g/mol. The molecule has 0 aromatic rings. The summed E-state index contributed by atoms with van der Waals surface area (Å²) < 4.78 is 0. The smallest absolute Gasteiger partial charge is 0.234 e. The summed E-state index contributed by atoms with van der Waals surface area (Å²) in [4.78, 5) is 11.2. The van der Waals surface area contributed by atoms with Gasteiger partial charge in [-0.1, -0.05) is 13.8 Å². The third-order valence-electron chi connectivity index (χ3n) is 2.64. The van der Waals surface area contributed by atoms with Gasteiger partial charge in [0, 0.05) is 5.54 Å². The molecule has 0 saturated heterocycles. The molecule has 0 heterocycles. The monoisotopic (exact) mass is 213 g/mol. The van der Waals surface area contributed by atoms with Crippen LogP contribution in [-0.2, 0) is 4.79 Å². The van der Waals surface area contributed by atoms with Crippen LogP contribution in [0.25, 0.3) is 0 Å². The fraction of sp³-hybridized carbons (Fsp3) is 0.800. The van der Waals surface area contributed by atoms with Gasteiger partial charge in [-0.05, 0) is 12.8 Å². The van der Waals surface area contributed by atoms with Crippen molar-refractivity contribution in [1.29, 1.82) is 5.26 Å². The number of nitriles is 1. The quantitative estimate of drug-likeness (QED) is 0.510. The highest BCUT2D eigenvalue weighted by Gasteiger charge is 2.24. The number of carbonyl (C=O) groups is 1. The molecule has 15 heavy (non-hydrogen) atoms. The van der Waals surface area contributed by atoms with Crippen molar-refractivity contribution in [3.63, 3.8) is 0 Å². The number of nitrogens with one attached hydrogen (secondary N) is 2. The zero-order chi connectivity index (χ0) is 11.7. The van der Waals surface area contributed by atoms with Crippen LogP contribution in [0.1, 0.15) is 26.7 Å². The van der Waals surface area contributed by atoms with Crippen LogP contribution < -0.4 is 10.6 Å². The SMILES string of the molecule is CCC(CC)(CO)NCC(=O)NCC#N. The van der Waals surface area contributed by atoms with E-state index >= 15 is 0 Å². The van der Waals surface area contributed by atoms with Gasteiger partial charge in [-0.2, -0.15) is 5.26 Å². The summed E-state index contributed by atoms with van der Waals surface area (Å²) in [7, 11) is 0. The molecule has 0 fully saturated rings. The molecule has 5 nitrogen and oxygen atoms in total. The van der Waals surface area contributed by atoms with Crippen molar-refractivity contribution in [3.05, 3.63) is 0 Å². The molecule has 0 aliphatic carbocycles. The summed E-state index contributed by atoms with van der Waals surface area (Å²) >= 11 is 0.